The summed E-state index contributed by atoms with van der Waals surface area (Å²) >= 11 is 2.87. The lowest BCUT2D eigenvalue weighted by atomic mass is 9.57. The van der Waals surface area contributed by atoms with E-state index in [1.807, 2.05) is 0 Å². The zero-order valence-electron chi connectivity index (χ0n) is 13.9. The number of fused-ring (bicyclic) bond motifs is 2. The third kappa shape index (κ3) is 2.06. The summed E-state index contributed by atoms with van der Waals surface area (Å²) in [5.41, 5.74) is -0.977. The van der Waals surface area contributed by atoms with E-state index in [0.717, 1.165) is 12.8 Å². The topological polar surface area (TPSA) is 36.9 Å². The van der Waals surface area contributed by atoms with Gasteiger partial charge < -0.3 is 9.47 Å². The number of alkyl halides is 4. The monoisotopic (exact) mass is 414 g/mol. The van der Waals surface area contributed by atoms with Crippen molar-refractivity contribution >= 4 is 15.9 Å². The minimum atomic E-state index is -4.55. The van der Waals surface area contributed by atoms with Gasteiger partial charge in [-0.15, -0.1) is 0 Å². The highest BCUT2D eigenvalue weighted by Crippen LogP contribution is 2.65. The summed E-state index contributed by atoms with van der Waals surface area (Å²) in [6.45, 7) is 5.40. The third-order valence-electron chi connectivity index (χ3n) is 6.63. The summed E-state index contributed by atoms with van der Waals surface area (Å²) in [6, 6.07) is 0. The normalized spacial score (nSPS) is 57.4. The zero-order chi connectivity index (χ0) is 17.5. The molecule has 4 heterocycles. The van der Waals surface area contributed by atoms with Crippen molar-refractivity contribution in [2.45, 2.75) is 74.8 Å². The van der Waals surface area contributed by atoms with Crippen molar-refractivity contribution in [1.82, 2.24) is 0 Å². The molecule has 0 aromatic rings. The Morgan fingerprint density at radius 3 is 2.38 bits per heavy atom. The molecule has 4 nitrogen and oxygen atoms in total. The fourth-order valence-electron chi connectivity index (χ4n) is 5.23. The second-order valence-electron chi connectivity index (χ2n) is 7.96. The average Bonchev–Trinajstić information content (AvgIpc) is 2.70. The summed E-state index contributed by atoms with van der Waals surface area (Å²) in [5, 5.41) is 0. The second-order valence-corrected chi connectivity index (χ2v) is 9.14. The van der Waals surface area contributed by atoms with E-state index in [9.17, 15) is 13.2 Å². The fraction of sp³-hybridized carbons (Fsp3) is 1.00. The highest BCUT2D eigenvalue weighted by atomic mass is 79.9. The lowest BCUT2D eigenvalue weighted by Crippen LogP contribution is -2.74. The molecule has 8 unspecified atom stereocenters. The molecule has 0 amide bonds. The molecule has 0 aromatic heterocycles. The number of hydrogen-bond donors (Lipinski definition) is 0. The first-order valence-electron chi connectivity index (χ1n) is 8.51. The van der Waals surface area contributed by atoms with Gasteiger partial charge in [0.25, 0.3) is 0 Å². The Balaban J connectivity index is 1.84. The van der Waals surface area contributed by atoms with Crippen LogP contribution in [0.5, 0.6) is 0 Å². The molecule has 1 aliphatic carbocycles. The fourth-order valence-corrected chi connectivity index (χ4v) is 5.72. The van der Waals surface area contributed by atoms with E-state index in [1.165, 1.54) is 0 Å². The summed E-state index contributed by atoms with van der Waals surface area (Å²) < 4.78 is 50.4. The molecule has 0 aromatic carbocycles. The Bertz CT molecular complexity index is 546. The lowest BCUT2D eigenvalue weighted by molar-refractivity contribution is -0.577. The van der Waals surface area contributed by atoms with Gasteiger partial charge in [-0.25, -0.2) is 9.78 Å². The van der Waals surface area contributed by atoms with Gasteiger partial charge in [0, 0.05) is 18.3 Å². The standard InChI is InChI=1S/C16H22BrF3O4/c1-8-4-5-11-9(2)15(17,16(18,19)20)22-12-14(11)10(8)6-7-13(3,21-12)23-24-14/h8-12H,4-7H2,1-3H3. The van der Waals surface area contributed by atoms with Gasteiger partial charge in [0.05, 0.1) is 0 Å². The van der Waals surface area contributed by atoms with Crippen LogP contribution in [0.25, 0.3) is 0 Å². The van der Waals surface area contributed by atoms with Crippen molar-refractivity contribution in [2.24, 2.45) is 23.7 Å². The summed E-state index contributed by atoms with van der Waals surface area (Å²) in [7, 11) is 0. The third-order valence-corrected chi connectivity index (χ3v) is 7.99. The molecule has 4 saturated heterocycles. The van der Waals surface area contributed by atoms with Crippen LogP contribution < -0.4 is 0 Å². The maximum Gasteiger partial charge on any atom is 0.427 e. The van der Waals surface area contributed by atoms with Crippen LogP contribution >= 0.6 is 15.9 Å². The molecule has 5 rings (SSSR count). The van der Waals surface area contributed by atoms with Crippen LogP contribution in [0.4, 0.5) is 13.2 Å². The van der Waals surface area contributed by atoms with Crippen molar-refractivity contribution in [1.29, 1.82) is 0 Å². The van der Waals surface area contributed by atoms with E-state index in [4.69, 9.17) is 19.2 Å². The van der Waals surface area contributed by atoms with Crippen LogP contribution in [0.1, 0.15) is 46.5 Å². The summed E-state index contributed by atoms with van der Waals surface area (Å²) in [5.74, 6) is -1.88. The minimum Gasteiger partial charge on any atom is -0.322 e. The minimum absolute atomic E-state index is 0.0540. The van der Waals surface area contributed by atoms with E-state index < -0.39 is 34.3 Å². The van der Waals surface area contributed by atoms with Gasteiger partial charge in [0.2, 0.25) is 10.3 Å². The predicted octanol–water partition coefficient (Wildman–Crippen LogP) is 4.52. The van der Waals surface area contributed by atoms with Gasteiger partial charge in [0.1, 0.15) is 0 Å². The molecule has 2 bridgehead atoms. The van der Waals surface area contributed by atoms with E-state index in [-0.39, 0.29) is 11.8 Å². The Morgan fingerprint density at radius 2 is 1.71 bits per heavy atom. The molecule has 8 atom stereocenters. The Morgan fingerprint density at radius 1 is 1.00 bits per heavy atom. The van der Waals surface area contributed by atoms with Gasteiger partial charge in [-0.1, -0.05) is 13.8 Å². The van der Waals surface area contributed by atoms with Crippen molar-refractivity contribution in [3.8, 4) is 0 Å². The molecular formula is C16H22BrF3O4. The average molecular weight is 415 g/mol. The Kier molecular flexibility index (Phi) is 3.72. The van der Waals surface area contributed by atoms with Gasteiger partial charge in [-0.05, 0) is 54.0 Å². The molecule has 0 N–H and O–H groups in total. The van der Waals surface area contributed by atoms with Crippen LogP contribution in [-0.4, -0.2) is 28.4 Å². The molecule has 5 aliphatic rings. The van der Waals surface area contributed by atoms with E-state index in [1.54, 1.807) is 13.8 Å². The Labute approximate surface area is 147 Å². The number of halogens is 4. The quantitative estimate of drug-likeness (QED) is 0.431. The van der Waals surface area contributed by atoms with Crippen LogP contribution in [0.15, 0.2) is 0 Å². The van der Waals surface area contributed by atoms with Crippen molar-refractivity contribution in [2.75, 3.05) is 0 Å². The molecule has 0 radical (unpaired) electrons. The van der Waals surface area contributed by atoms with Gasteiger partial charge in [-0.2, -0.15) is 13.2 Å². The lowest BCUT2D eigenvalue weighted by Gasteiger charge is -2.62. The summed E-state index contributed by atoms with van der Waals surface area (Å²) in [4.78, 5) is 11.4. The molecule has 138 valence electrons. The first-order chi connectivity index (χ1) is 11.0. The first-order valence-corrected chi connectivity index (χ1v) is 9.31. The van der Waals surface area contributed by atoms with Crippen molar-refractivity contribution < 1.29 is 32.4 Å². The van der Waals surface area contributed by atoms with E-state index >= 15 is 0 Å². The van der Waals surface area contributed by atoms with Crippen molar-refractivity contribution in [3.05, 3.63) is 0 Å². The predicted molar refractivity (Wildman–Crippen MR) is 80.8 cm³/mol. The first kappa shape index (κ1) is 17.5. The molecule has 1 spiro atoms. The zero-order valence-corrected chi connectivity index (χ0v) is 15.4. The molecule has 8 heteroatoms. The Hall–Kier alpha value is 0.110. The maximum atomic E-state index is 13.8. The van der Waals surface area contributed by atoms with Gasteiger partial charge >= 0.3 is 6.18 Å². The number of hydrogen-bond acceptors (Lipinski definition) is 4. The molecule has 4 aliphatic heterocycles. The van der Waals surface area contributed by atoms with Crippen molar-refractivity contribution in [3.63, 3.8) is 0 Å². The van der Waals surface area contributed by atoms with E-state index in [2.05, 4.69) is 22.9 Å². The molecule has 24 heavy (non-hydrogen) atoms. The van der Waals surface area contributed by atoms with Gasteiger partial charge in [0.15, 0.2) is 11.9 Å². The SMILES string of the molecule is CC1CCC2C(C)C(Br)(C(F)(F)F)OC3OC4(C)CCC1C32OO4. The maximum absolute atomic E-state index is 13.8. The largest absolute Gasteiger partial charge is 0.427 e. The van der Waals surface area contributed by atoms with Crippen LogP contribution in [-0.2, 0) is 19.2 Å². The molecule has 5 fully saturated rings. The van der Waals surface area contributed by atoms with Crippen LogP contribution in [0.2, 0.25) is 0 Å². The highest BCUT2D eigenvalue weighted by Gasteiger charge is 2.75. The van der Waals surface area contributed by atoms with Gasteiger partial charge in [-0.3, -0.25) is 0 Å². The smallest absolute Gasteiger partial charge is 0.322 e. The highest BCUT2D eigenvalue weighted by molar-refractivity contribution is 9.10. The van der Waals surface area contributed by atoms with Crippen LogP contribution in [0.3, 0.4) is 0 Å². The number of rotatable bonds is 0. The molecule has 1 saturated carbocycles. The second kappa shape index (κ2) is 5.09. The molecular weight excluding hydrogens is 393 g/mol. The van der Waals surface area contributed by atoms with E-state index in [0.29, 0.717) is 18.8 Å². The summed E-state index contributed by atoms with van der Waals surface area (Å²) in [6.07, 6.45) is -2.79. The number of ether oxygens (including phenoxy) is 2. The van der Waals surface area contributed by atoms with Crippen LogP contribution in [0, 0.1) is 23.7 Å².